The highest BCUT2D eigenvalue weighted by Gasteiger charge is 2.09. The van der Waals surface area contributed by atoms with Crippen molar-refractivity contribution in [3.8, 4) is 0 Å². The Labute approximate surface area is 572 Å². The minimum absolute atomic E-state index is 0.324. The molecule has 0 bridgehead atoms. The molecule has 0 aliphatic heterocycles. The van der Waals surface area contributed by atoms with Crippen molar-refractivity contribution in [3.63, 3.8) is 0 Å². The van der Waals surface area contributed by atoms with Gasteiger partial charge in [-0.2, -0.15) is 0 Å². The van der Waals surface area contributed by atoms with Crippen LogP contribution in [0, 0.1) is 5.92 Å². The molecule has 0 saturated heterocycles. The summed E-state index contributed by atoms with van der Waals surface area (Å²) in [6.07, 6.45) is 111. The predicted octanol–water partition coefficient (Wildman–Crippen LogP) is 30.3. The molecule has 0 aromatic heterocycles. The Morgan fingerprint density at radius 1 is 0.231 bits per heavy atom. The molecule has 0 fully saturated rings. The van der Waals surface area contributed by atoms with Gasteiger partial charge in [-0.3, -0.25) is 9.59 Å². The number of allylic oxidation sites excluding steroid dienone is 8. The Hall–Kier alpha value is -2.14. The molecule has 0 atom stereocenters. The fraction of sp³-hybridized carbons (Fsp3) is 0.884. The van der Waals surface area contributed by atoms with Gasteiger partial charge in [-0.25, -0.2) is 0 Å². The van der Waals surface area contributed by atoms with E-state index in [9.17, 15) is 9.59 Å². The number of carbonyl (C=O) groups is 2. The van der Waals surface area contributed by atoms with Crippen LogP contribution in [-0.4, -0.2) is 33.9 Å². The molecule has 0 saturated carbocycles. The van der Waals surface area contributed by atoms with Gasteiger partial charge >= 0.3 is 11.9 Å². The molecule has 0 aliphatic rings. The van der Waals surface area contributed by atoms with Gasteiger partial charge in [-0.05, 0) is 89.4 Å². The van der Waals surface area contributed by atoms with Crippen molar-refractivity contribution in [1.29, 1.82) is 0 Å². The minimum atomic E-state index is -0.671. The maximum absolute atomic E-state index is 10.3. The average Bonchev–Trinajstić information content (AvgIpc) is 3.56. The van der Waals surface area contributed by atoms with E-state index in [1.165, 1.54) is 379 Å². The summed E-state index contributed by atoms with van der Waals surface area (Å²) in [6, 6.07) is 0. The molecular formula is C86H166O5. The van der Waals surface area contributed by atoms with Gasteiger partial charge in [0.2, 0.25) is 0 Å². The number of carboxylic acid groups (broad SMARTS) is 2. The largest absolute Gasteiger partial charge is 0.481 e. The number of hydrogen-bond donors (Lipinski definition) is 3. The number of unbranched alkanes of at least 4 members (excludes halogenated alkanes) is 56. The van der Waals surface area contributed by atoms with Gasteiger partial charge in [0.25, 0.3) is 0 Å². The third-order valence-corrected chi connectivity index (χ3v) is 18.9. The molecule has 5 nitrogen and oxygen atoms in total. The number of aliphatic hydroxyl groups is 1. The number of aliphatic hydroxyl groups excluding tert-OH is 1. The molecule has 0 aromatic rings. The summed E-state index contributed by atoms with van der Waals surface area (Å²) in [4.78, 5) is 20.6. The standard InChI is InChI=1S/C50H102O.2C18H32O2/c1-3-5-7-9-11-13-15-17-22-26-30-34-38-42-46-50(47-43-39-35-31-27-23-18-16-14-12-10-8-6-4-2)48-44-40-36-32-28-24-20-19-21-25-29-33-37-41-45-49-51;2*1-2-3-4-5-6-7-8-9-10-11-12-13-14-15-16-17-18(19)20/h50-51H,3-49H2,1-2H3;2*6-7,9-10H,2-5,8,11-17H2,1H3,(H,19,20)/b;2*7-6-,10-9-. The van der Waals surface area contributed by atoms with E-state index < -0.39 is 11.9 Å². The van der Waals surface area contributed by atoms with Crippen molar-refractivity contribution in [2.75, 3.05) is 6.61 Å². The zero-order valence-corrected chi connectivity index (χ0v) is 62.6. The van der Waals surface area contributed by atoms with E-state index in [0.29, 0.717) is 19.4 Å². The molecule has 3 N–H and O–H groups in total. The van der Waals surface area contributed by atoms with E-state index >= 15 is 0 Å². The van der Waals surface area contributed by atoms with Crippen LogP contribution in [0.15, 0.2) is 48.6 Å². The topological polar surface area (TPSA) is 94.8 Å². The monoisotopic (exact) mass is 1280 g/mol. The molecule has 540 valence electrons. The molecule has 5 heteroatoms. The van der Waals surface area contributed by atoms with Crippen molar-refractivity contribution in [1.82, 2.24) is 0 Å². The fourth-order valence-electron chi connectivity index (χ4n) is 12.7. The van der Waals surface area contributed by atoms with Gasteiger partial charge in [0.1, 0.15) is 0 Å². The van der Waals surface area contributed by atoms with Crippen LogP contribution in [-0.2, 0) is 9.59 Å². The number of aliphatic carboxylic acids is 2. The first-order valence-corrected chi connectivity index (χ1v) is 41.5. The van der Waals surface area contributed by atoms with Gasteiger partial charge in [0.15, 0.2) is 0 Å². The van der Waals surface area contributed by atoms with Gasteiger partial charge in [0.05, 0.1) is 0 Å². The lowest BCUT2D eigenvalue weighted by atomic mass is 9.89. The summed E-state index contributed by atoms with van der Waals surface area (Å²) in [5.74, 6) is -0.319. The summed E-state index contributed by atoms with van der Waals surface area (Å²) in [5.41, 5.74) is 0. The van der Waals surface area contributed by atoms with Gasteiger partial charge in [-0.1, -0.05) is 429 Å². The molecule has 91 heavy (non-hydrogen) atoms. The molecule has 0 aliphatic carbocycles. The number of carboxylic acids is 2. The van der Waals surface area contributed by atoms with Crippen molar-refractivity contribution in [2.24, 2.45) is 5.92 Å². The second-order valence-electron chi connectivity index (χ2n) is 28.2. The molecule has 0 aromatic carbocycles. The van der Waals surface area contributed by atoms with E-state index in [-0.39, 0.29) is 0 Å². The lowest BCUT2D eigenvalue weighted by Crippen LogP contribution is -2.01. The van der Waals surface area contributed by atoms with Crippen LogP contribution in [0.2, 0.25) is 0 Å². The van der Waals surface area contributed by atoms with Crippen LogP contribution < -0.4 is 0 Å². The molecule has 0 rings (SSSR count). The van der Waals surface area contributed by atoms with Crippen LogP contribution in [0.1, 0.15) is 477 Å². The zero-order chi connectivity index (χ0) is 66.6. The first kappa shape index (κ1) is 93.0. The first-order valence-electron chi connectivity index (χ1n) is 41.5. The van der Waals surface area contributed by atoms with Crippen LogP contribution in [0.25, 0.3) is 0 Å². The molecule has 0 spiro atoms. The third kappa shape index (κ3) is 96.7. The first-order chi connectivity index (χ1) is 44.9. The van der Waals surface area contributed by atoms with Crippen molar-refractivity contribution >= 4 is 11.9 Å². The second-order valence-corrected chi connectivity index (χ2v) is 28.2. The highest BCUT2D eigenvalue weighted by atomic mass is 16.4. The summed E-state index contributed by atoms with van der Waals surface area (Å²) in [5, 5.41) is 25.9. The minimum Gasteiger partial charge on any atom is -0.481 e. The Balaban J connectivity index is -0.00000157. The van der Waals surface area contributed by atoms with E-state index in [2.05, 4.69) is 76.3 Å². The van der Waals surface area contributed by atoms with E-state index in [1.54, 1.807) is 0 Å². The quantitative estimate of drug-likeness (QED) is 0.0417. The molecule has 0 unspecified atom stereocenters. The van der Waals surface area contributed by atoms with Crippen molar-refractivity contribution < 1.29 is 24.9 Å². The highest BCUT2D eigenvalue weighted by molar-refractivity contribution is 5.66. The summed E-state index contributed by atoms with van der Waals surface area (Å²) >= 11 is 0. The van der Waals surface area contributed by atoms with Crippen LogP contribution in [0.3, 0.4) is 0 Å². The van der Waals surface area contributed by atoms with E-state index in [4.69, 9.17) is 15.3 Å². The van der Waals surface area contributed by atoms with Crippen molar-refractivity contribution in [2.45, 2.75) is 477 Å². The molecular weight excluding hydrogens is 1110 g/mol. The van der Waals surface area contributed by atoms with Crippen LogP contribution in [0.4, 0.5) is 0 Å². The Morgan fingerprint density at radius 2 is 0.407 bits per heavy atom. The Morgan fingerprint density at radius 3 is 0.626 bits per heavy atom. The number of rotatable bonds is 75. The molecule has 0 radical (unpaired) electrons. The molecule has 0 amide bonds. The average molecular weight is 1280 g/mol. The second kappa shape index (κ2) is 89.9. The normalized spacial score (nSPS) is 11.7. The summed E-state index contributed by atoms with van der Waals surface area (Å²) in [6.45, 7) is 9.48. The SMILES string of the molecule is CCCCC/C=C\C/C=C\CCCCCCCC(=O)O.CCCCC/C=C\C/C=C\CCCCCCCC(=O)O.CCCCCCCCCCCCCCCCC(CCCCCCCCCCCCCCCC)CCCCCCCCCCCCCCCCCO. The molecule has 0 heterocycles. The smallest absolute Gasteiger partial charge is 0.303 e. The lowest BCUT2D eigenvalue weighted by molar-refractivity contribution is -0.138. The van der Waals surface area contributed by atoms with E-state index in [1.807, 2.05) is 0 Å². The Kier molecular flexibility index (Phi) is 91.9. The highest BCUT2D eigenvalue weighted by Crippen LogP contribution is 2.26. The fourth-order valence-corrected chi connectivity index (χ4v) is 12.7. The zero-order valence-electron chi connectivity index (χ0n) is 62.6. The third-order valence-electron chi connectivity index (χ3n) is 18.9. The van der Waals surface area contributed by atoms with Crippen molar-refractivity contribution in [3.05, 3.63) is 48.6 Å². The van der Waals surface area contributed by atoms with Gasteiger partial charge in [0, 0.05) is 19.4 Å². The predicted molar refractivity (Wildman–Crippen MR) is 408 cm³/mol. The maximum Gasteiger partial charge on any atom is 0.303 e. The maximum atomic E-state index is 10.3. The number of hydrogen-bond acceptors (Lipinski definition) is 3. The van der Waals surface area contributed by atoms with Crippen LogP contribution >= 0.6 is 0 Å². The van der Waals surface area contributed by atoms with Gasteiger partial charge < -0.3 is 15.3 Å². The summed E-state index contributed by atoms with van der Waals surface area (Å²) < 4.78 is 0. The lowest BCUT2D eigenvalue weighted by Gasteiger charge is -2.17. The summed E-state index contributed by atoms with van der Waals surface area (Å²) in [7, 11) is 0. The van der Waals surface area contributed by atoms with Crippen LogP contribution in [0.5, 0.6) is 0 Å². The Bertz CT molecular complexity index is 1340. The van der Waals surface area contributed by atoms with Gasteiger partial charge in [-0.15, -0.1) is 0 Å². The van der Waals surface area contributed by atoms with E-state index in [0.717, 1.165) is 63.7 Å².